The summed E-state index contributed by atoms with van der Waals surface area (Å²) in [5, 5.41) is 12.2. The van der Waals surface area contributed by atoms with E-state index in [1.165, 1.54) is 36.5 Å². The van der Waals surface area contributed by atoms with Crippen LogP contribution in [-0.4, -0.2) is 64.7 Å². The number of aromatic nitrogens is 2. The molecule has 0 spiro atoms. The Kier molecular flexibility index (Phi) is 7.87. The summed E-state index contributed by atoms with van der Waals surface area (Å²) in [4.78, 5) is 35.3. The third-order valence-electron chi connectivity index (χ3n) is 5.66. The number of nitrogens with one attached hydrogen (secondary N) is 1. The SMILES string of the molecule is Nc1nc(C(=O)N2CCOCC2)cnc1-c1cccc(C(=O)N[C@H](CO)c2cccc(Br)c2F)c1F. The van der Waals surface area contributed by atoms with Crippen LogP contribution in [0.4, 0.5) is 14.6 Å². The second-order valence-electron chi connectivity index (χ2n) is 7.91. The highest BCUT2D eigenvalue weighted by atomic mass is 79.9. The van der Waals surface area contributed by atoms with Gasteiger partial charge in [0.15, 0.2) is 5.82 Å². The van der Waals surface area contributed by atoms with E-state index in [9.17, 15) is 19.1 Å². The number of nitrogen functional groups attached to an aromatic ring is 1. The topological polar surface area (TPSA) is 131 Å². The molecule has 1 fully saturated rings. The molecule has 0 bridgehead atoms. The summed E-state index contributed by atoms with van der Waals surface area (Å²) in [6.45, 7) is 1.03. The van der Waals surface area contributed by atoms with Gasteiger partial charge in [-0.15, -0.1) is 0 Å². The van der Waals surface area contributed by atoms with E-state index in [0.29, 0.717) is 26.3 Å². The predicted octanol–water partition coefficient (Wildman–Crippen LogP) is 2.70. The molecule has 0 unspecified atom stereocenters. The first-order chi connectivity index (χ1) is 17.3. The third-order valence-corrected chi connectivity index (χ3v) is 6.27. The smallest absolute Gasteiger partial charge is 0.274 e. The molecule has 1 aromatic heterocycles. The number of rotatable bonds is 6. The van der Waals surface area contributed by atoms with Gasteiger partial charge in [0, 0.05) is 24.2 Å². The van der Waals surface area contributed by atoms with Crippen LogP contribution in [0.2, 0.25) is 0 Å². The molecule has 0 radical (unpaired) electrons. The molecular weight excluding hydrogens is 540 g/mol. The molecule has 12 heteroatoms. The molecular formula is C24H22BrF2N5O4. The van der Waals surface area contributed by atoms with E-state index in [1.807, 2.05) is 0 Å². The lowest BCUT2D eigenvalue weighted by molar-refractivity contribution is 0.0299. The van der Waals surface area contributed by atoms with E-state index in [-0.39, 0.29) is 44.3 Å². The van der Waals surface area contributed by atoms with Crippen LogP contribution in [0.25, 0.3) is 11.3 Å². The Bertz CT molecular complexity index is 1300. The average Bonchev–Trinajstić information content (AvgIpc) is 2.89. The van der Waals surface area contributed by atoms with Crippen molar-refractivity contribution in [3.05, 3.63) is 75.5 Å². The van der Waals surface area contributed by atoms with Crippen molar-refractivity contribution in [3.63, 3.8) is 0 Å². The number of carbonyl (C=O) groups excluding carboxylic acids is 2. The third kappa shape index (κ3) is 5.20. The van der Waals surface area contributed by atoms with Crippen molar-refractivity contribution in [2.24, 2.45) is 0 Å². The highest BCUT2D eigenvalue weighted by Gasteiger charge is 2.25. The van der Waals surface area contributed by atoms with Gasteiger partial charge in [-0.3, -0.25) is 9.59 Å². The van der Waals surface area contributed by atoms with Crippen LogP contribution in [0.5, 0.6) is 0 Å². The van der Waals surface area contributed by atoms with Crippen LogP contribution in [0, 0.1) is 11.6 Å². The Morgan fingerprint density at radius 2 is 1.89 bits per heavy atom. The van der Waals surface area contributed by atoms with Gasteiger partial charge in [-0.2, -0.15) is 0 Å². The number of ether oxygens (including phenoxy) is 1. The molecule has 0 saturated carbocycles. The van der Waals surface area contributed by atoms with Gasteiger partial charge in [-0.25, -0.2) is 18.7 Å². The molecule has 1 aliphatic rings. The summed E-state index contributed by atoms with van der Waals surface area (Å²) in [5.74, 6) is -3.02. The lowest BCUT2D eigenvalue weighted by Crippen LogP contribution is -2.41. The number of hydrogen-bond acceptors (Lipinski definition) is 7. The number of anilines is 1. The van der Waals surface area contributed by atoms with E-state index in [0.717, 1.165) is 0 Å². The molecule has 2 aromatic carbocycles. The minimum Gasteiger partial charge on any atom is -0.394 e. The second kappa shape index (κ2) is 11.1. The van der Waals surface area contributed by atoms with Gasteiger partial charge in [0.25, 0.3) is 11.8 Å². The van der Waals surface area contributed by atoms with Crippen LogP contribution in [0.1, 0.15) is 32.5 Å². The molecule has 4 N–H and O–H groups in total. The zero-order chi connectivity index (χ0) is 25.8. The van der Waals surface area contributed by atoms with Crippen LogP contribution in [-0.2, 0) is 4.74 Å². The molecule has 1 aliphatic heterocycles. The van der Waals surface area contributed by atoms with Gasteiger partial charge in [-0.05, 0) is 34.1 Å². The fraction of sp³-hybridized carbons (Fsp3) is 0.250. The molecule has 2 heterocycles. The molecule has 2 amide bonds. The standard InChI is InChI=1S/C24H22BrF2N5O4/c25-16-6-2-3-13(20(16)27)18(12-33)31-23(34)15-5-1-4-14(19(15)26)21-22(28)30-17(11-29-21)24(35)32-7-9-36-10-8-32/h1-6,11,18,33H,7-10,12H2,(H2,28,30)(H,31,34)/t18-/m1/s1. The number of morpholine rings is 1. The number of aliphatic hydroxyl groups is 1. The number of aliphatic hydroxyl groups excluding tert-OH is 1. The Balaban J connectivity index is 1.59. The maximum Gasteiger partial charge on any atom is 0.274 e. The van der Waals surface area contributed by atoms with Crippen molar-refractivity contribution in [1.82, 2.24) is 20.2 Å². The normalized spacial score (nSPS) is 14.4. The Morgan fingerprint density at radius 3 is 2.58 bits per heavy atom. The second-order valence-corrected chi connectivity index (χ2v) is 8.77. The van der Waals surface area contributed by atoms with E-state index in [2.05, 4.69) is 31.2 Å². The Labute approximate surface area is 213 Å². The summed E-state index contributed by atoms with van der Waals surface area (Å²) in [7, 11) is 0. The first-order valence-corrected chi connectivity index (χ1v) is 11.7. The van der Waals surface area contributed by atoms with Gasteiger partial charge in [0.1, 0.15) is 23.0 Å². The average molecular weight is 562 g/mol. The molecule has 1 atom stereocenters. The van der Waals surface area contributed by atoms with Crippen LogP contribution in [0.15, 0.2) is 47.1 Å². The lowest BCUT2D eigenvalue weighted by atomic mass is 10.0. The number of halogens is 3. The predicted molar refractivity (Wildman–Crippen MR) is 130 cm³/mol. The minimum absolute atomic E-state index is 0.00860. The number of nitrogens with two attached hydrogens (primary N) is 1. The monoisotopic (exact) mass is 561 g/mol. The van der Waals surface area contributed by atoms with Gasteiger partial charge in [0.2, 0.25) is 0 Å². The number of carbonyl (C=O) groups is 2. The number of hydrogen-bond donors (Lipinski definition) is 3. The molecule has 9 nitrogen and oxygen atoms in total. The van der Waals surface area contributed by atoms with Gasteiger partial charge in [0.05, 0.1) is 42.1 Å². The summed E-state index contributed by atoms with van der Waals surface area (Å²) in [6.07, 6.45) is 1.20. The summed E-state index contributed by atoms with van der Waals surface area (Å²) >= 11 is 3.06. The molecule has 0 aliphatic carbocycles. The van der Waals surface area contributed by atoms with Gasteiger partial charge in [-0.1, -0.05) is 18.2 Å². The first-order valence-electron chi connectivity index (χ1n) is 11.0. The van der Waals surface area contributed by atoms with Crippen molar-refractivity contribution in [2.75, 3.05) is 38.6 Å². The maximum atomic E-state index is 15.4. The van der Waals surface area contributed by atoms with Gasteiger partial charge >= 0.3 is 0 Å². The van der Waals surface area contributed by atoms with Crippen molar-refractivity contribution in [3.8, 4) is 11.3 Å². The largest absolute Gasteiger partial charge is 0.394 e. The van der Waals surface area contributed by atoms with Crippen LogP contribution >= 0.6 is 15.9 Å². The highest BCUT2D eigenvalue weighted by molar-refractivity contribution is 9.10. The fourth-order valence-electron chi connectivity index (χ4n) is 3.78. The van der Waals surface area contributed by atoms with E-state index in [1.54, 1.807) is 11.0 Å². The fourth-order valence-corrected chi connectivity index (χ4v) is 4.16. The first kappa shape index (κ1) is 25.6. The van der Waals surface area contributed by atoms with Crippen molar-refractivity contribution in [1.29, 1.82) is 0 Å². The molecule has 4 rings (SSSR count). The van der Waals surface area contributed by atoms with E-state index in [4.69, 9.17) is 10.5 Å². The maximum absolute atomic E-state index is 15.4. The van der Waals surface area contributed by atoms with Crippen LogP contribution < -0.4 is 11.1 Å². The van der Waals surface area contributed by atoms with E-state index < -0.39 is 30.2 Å². The highest BCUT2D eigenvalue weighted by Crippen LogP contribution is 2.28. The Morgan fingerprint density at radius 1 is 1.17 bits per heavy atom. The van der Waals surface area contributed by atoms with Gasteiger partial charge < -0.3 is 25.8 Å². The molecule has 3 aromatic rings. The zero-order valence-electron chi connectivity index (χ0n) is 18.9. The van der Waals surface area contributed by atoms with Crippen molar-refractivity contribution >= 4 is 33.6 Å². The molecule has 1 saturated heterocycles. The van der Waals surface area contributed by atoms with Crippen molar-refractivity contribution < 1.29 is 28.2 Å². The minimum atomic E-state index is -1.12. The lowest BCUT2D eigenvalue weighted by Gasteiger charge is -2.26. The number of amides is 2. The summed E-state index contributed by atoms with van der Waals surface area (Å²) in [6, 6.07) is 7.34. The van der Waals surface area contributed by atoms with E-state index >= 15 is 4.39 Å². The number of benzene rings is 2. The number of nitrogens with zero attached hydrogens (tertiary/aromatic N) is 3. The Hall–Kier alpha value is -3.48. The summed E-state index contributed by atoms with van der Waals surface area (Å²) < 4.78 is 35.3. The summed E-state index contributed by atoms with van der Waals surface area (Å²) in [5.41, 5.74) is 5.54. The van der Waals surface area contributed by atoms with Crippen LogP contribution in [0.3, 0.4) is 0 Å². The van der Waals surface area contributed by atoms with Crippen molar-refractivity contribution in [2.45, 2.75) is 6.04 Å². The molecule has 188 valence electrons. The quantitative estimate of drug-likeness (QED) is 0.421. The zero-order valence-corrected chi connectivity index (χ0v) is 20.5. The molecule has 36 heavy (non-hydrogen) atoms.